The van der Waals surface area contributed by atoms with Gasteiger partial charge in [-0.1, -0.05) is 13.8 Å². The summed E-state index contributed by atoms with van der Waals surface area (Å²) in [5.41, 5.74) is 3.84. The zero-order chi connectivity index (χ0) is 17.8. The van der Waals surface area contributed by atoms with Gasteiger partial charge in [0.2, 0.25) is 0 Å². The standard InChI is InChI=1S/C18H30N4OS/c1-5-22(6-2)13-7-8-15(3)20-18(24)21-19-14-16-9-11-17(23-4)12-10-16/h9-12,14-15H,5-8,13H2,1-4H3,(H2,20,21,24)/b19-14+. The molecule has 1 unspecified atom stereocenters. The number of rotatable bonds is 10. The van der Waals surface area contributed by atoms with E-state index < -0.39 is 0 Å². The predicted molar refractivity (Wildman–Crippen MR) is 106 cm³/mol. The molecule has 2 N–H and O–H groups in total. The number of ether oxygens (including phenoxy) is 1. The van der Waals surface area contributed by atoms with E-state index in [-0.39, 0.29) is 0 Å². The first kappa shape index (κ1) is 20.4. The second kappa shape index (κ2) is 11.8. The van der Waals surface area contributed by atoms with Crippen LogP contribution in [0, 0.1) is 0 Å². The molecular formula is C18H30N4OS. The normalized spacial score (nSPS) is 12.4. The van der Waals surface area contributed by atoms with Gasteiger partial charge in [0.15, 0.2) is 5.11 Å². The van der Waals surface area contributed by atoms with Gasteiger partial charge in [0.1, 0.15) is 5.75 Å². The molecule has 1 rings (SSSR count). The van der Waals surface area contributed by atoms with Crippen molar-refractivity contribution < 1.29 is 4.74 Å². The van der Waals surface area contributed by atoms with Crippen molar-refractivity contribution in [3.05, 3.63) is 29.8 Å². The minimum atomic E-state index is 0.330. The fourth-order valence-electron chi connectivity index (χ4n) is 2.34. The predicted octanol–water partition coefficient (Wildman–Crippen LogP) is 3.00. The van der Waals surface area contributed by atoms with Crippen molar-refractivity contribution in [2.24, 2.45) is 5.10 Å². The summed E-state index contributed by atoms with van der Waals surface area (Å²) in [6, 6.07) is 8.01. The lowest BCUT2D eigenvalue weighted by atomic mass is 10.2. The quantitative estimate of drug-likeness (QED) is 0.386. The van der Waals surface area contributed by atoms with Gasteiger partial charge >= 0.3 is 0 Å². The molecule has 0 aliphatic heterocycles. The summed E-state index contributed by atoms with van der Waals surface area (Å²) in [5, 5.41) is 7.97. The number of benzene rings is 1. The van der Waals surface area contributed by atoms with Gasteiger partial charge in [-0.3, -0.25) is 5.43 Å². The van der Waals surface area contributed by atoms with E-state index in [2.05, 4.69) is 41.5 Å². The van der Waals surface area contributed by atoms with Crippen molar-refractivity contribution in [1.29, 1.82) is 0 Å². The maximum absolute atomic E-state index is 5.27. The van der Waals surface area contributed by atoms with Gasteiger partial charge < -0.3 is 15.0 Å². The second-order valence-electron chi connectivity index (χ2n) is 5.69. The Kier molecular flexibility index (Phi) is 10.0. The van der Waals surface area contributed by atoms with Crippen LogP contribution < -0.4 is 15.5 Å². The molecule has 0 heterocycles. The molecule has 0 fully saturated rings. The van der Waals surface area contributed by atoms with E-state index in [1.807, 2.05) is 24.3 Å². The summed E-state index contributed by atoms with van der Waals surface area (Å²) in [7, 11) is 1.65. The Morgan fingerprint density at radius 2 is 1.96 bits per heavy atom. The van der Waals surface area contributed by atoms with E-state index in [4.69, 9.17) is 17.0 Å². The van der Waals surface area contributed by atoms with Crippen molar-refractivity contribution in [2.75, 3.05) is 26.7 Å². The average molecular weight is 351 g/mol. The first-order chi connectivity index (χ1) is 11.6. The molecule has 0 spiro atoms. The highest BCUT2D eigenvalue weighted by atomic mass is 32.1. The van der Waals surface area contributed by atoms with Gasteiger partial charge in [0.25, 0.3) is 0 Å². The molecule has 5 nitrogen and oxygen atoms in total. The van der Waals surface area contributed by atoms with Crippen LogP contribution in [0.2, 0.25) is 0 Å². The third-order valence-corrected chi connectivity index (χ3v) is 4.09. The Morgan fingerprint density at radius 3 is 2.54 bits per heavy atom. The lowest BCUT2D eigenvalue weighted by molar-refractivity contribution is 0.292. The maximum atomic E-state index is 5.27. The van der Waals surface area contributed by atoms with Gasteiger partial charge in [-0.25, -0.2) is 0 Å². The van der Waals surface area contributed by atoms with Crippen LogP contribution in [0.3, 0.4) is 0 Å². The number of nitrogens with one attached hydrogen (secondary N) is 2. The van der Waals surface area contributed by atoms with E-state index >= 15 is 0 Å². The Morgan fingerprint density at radius 1 is 1.29 bits per heavy atom. The van der Waals surface area contributed by atoms with Crippen LogP contribution in [-0.2, 0) is 0 Å². The zero-order valence-corrected chi connectivity index (χ0v) is 16.0. The molecular weight excluding hydrogens is 320 g/mol. The molecule has 24 heavy (non-hydrogen) atoms. The van der Waals surface area contributed by atoms with Crippen LogP contribution in [0.15, 0.2) is 29.4 Å². The lowest BCUT2D eigenvalue weighted by Gasteiger charge is -2.20. The monoisotopic (exact) mass is 350 g/mol. The molecule has 6 heteroatoms. The van der Waals surface area contributed by atoms with Gasteiger partial charge in [-0.2, -0.15) is 5.10 Å². The number of methoxy groups -OCH3 is 1. The van der Waals surface area contributed by atoms with Gasteiger partial charge in [0.05, 0.1) is 13.3 Å². The molecule has 0 saturated carbocycles. The summed E-state index contributed by atoms with van der Waals surface area (Å²) in [4.78, 5) is 2.43. The molecule has 0 amide bonds. The summed E-state index contributed by atoms with van der Waals surface area (Å²) in [5.74, 6) is 0.829. The lowest BCUT2D eigenvalue weighted by Crippen LogP contribution is -2.38. The Labute approximate surface area is 151 Å². The van der Waals surface area contributed by atoms with Crippen molar-refractivity contribution >= 4 is 23.5 Å². The third-order valence-electron chi connectivity index (χ3n) is 3.88. The molecule has 1 aromatic rings. The fourth-order valence-corrected chi connectivity index (χ4v) is 2.60. The van der Waals surface area contributed by atoms with E-state index in [1.165, 1.54) is 0 Å². The van der Waals surface area contributed by atoms with Gasteiger partial charge in [-0.15, -0.1) is 0 Å². The Balaban J connectivity index is 2.25. The van der Waals surface area contributed by atoms with Gasteiger partial charge in [0, 0.05) is 6.04 Å². The van der Waals surface area contributed by atoms with Gasteiger partial charge in [-0.05, 0) is 81.4 Å². The molecule has 0 radical (unpaired) electrons. The smallest absolute Gasteiger partial charge is 0.187 e. The van der Waals surface area contributed by atoms with Crippen LogP contribution >= 0.6 is 12.2 Å². The summed E-state index contributed by atoms with van der Waals surface area (Å²) in [6.07, 6.45) is 3.98. The van der Waals surface area contributed by atoms with Crippen LogP contribution in [0.1, 0.15) is 39.2 Å². The molecule has 0 saturated heterocycles. The third kappa shape index (κ3) is 8.26. The second-order valence-corrected chi connectivity index (χ2v) is 6.10. The topological polar surface area (TPSA) is 48.9 Å². The van der Waals surface area contributed by atoms with Crippen LogP contribution in [0.5, 0.6) is 5.75 Å². The van der Waals surface area contributed by atoms with Crippen LogP contribution in [-0.4, -0.2) is 49.0 Å². The van der Waals surface area contributed by atoms with E-state index in [0.29, 0.717) is 11.2 Å². The van der Waals surface area contributed by atoms with Crippen molar-refractivity contribution in [3.63, 3.8) is 0 Å². The van der Waals surface area contributed by atoms with Crippen LogP contribution in [0.25, 0.3) is 0 Å². The number of hydrazone groups is 1. The molecule has 1 atom stereocenters. The number of hydrogen-bond acceptors (Lipinski definition) is 4. The molecule has 134 valence electrons. The van der Waals surface area contributed by atoms with E-state index in [1.54, 1.807) is 13.3 Å². The number of nitrogens with zero attached hydrogens (tertiary/aromatic N) is 2. The fraction of sp³-hybridized carbons (Fsp3) is 0.556. The van der Waals surface area contributed by atoms with E-state index in [9.17, 15) is 0 Å². The van der Waals surface area contributed by atoms with E-state index in [0.717, 1.165) is 43.8 Å². The Hall–Kier alpha value is -1.66. The zero-order valence-electron chi connectivity index (χ0n) is 15.2. The maximum Gasteiger partial charge on any atom is 0.187 e. The highest BCUT2D eigenvalue weighted by Gasteiger charge is 2.05. The summed E-state index contributed by atoms with van der Waals surface area (Å²) >= 11 is 5.27. The Bertz CT molecular complexity index is 500. The molecule has 0 aliphatic rings. The first-order valence-electron chi connectivity index (χ1n) is 8.55. The van der Waals surface area contributed by atoms with Crippen molar-refractivity contribution in [1.82, 2.24) is 15.6 Å². The average Bonchev–Trinajstić information content (AvgIpc) is 2.59. The summed E-state index contributed by atoms with van der Waals surface area (Å²) < 4.78 is 5.12. The number of thiocarbonyl (C=S) groups is 1. The minimum absolute atomic E-state index is 0.330. The SMILES string of the molecule is CCN(CC)CCCC(C)NC(=S)N/N=C/c1ccc(OC)cc1. The largest absolute Gasteiger partial charge is 0.497 e. The first-order valence-corrected chi connectivity index (χ1v) is 8.95. The van der Waals surface area contributed by atoms with Crippen molar-refractivity contribution in [2.45, 2.75) is 39.7 Å². The molecule has 1 aromatic carbocycles. The minimum Gasteiger partial charge on any atom is -0.497 e. The van der Waals surface area contributed by atoms with Crippen LogP contribution in [0.4, 0.5) is 0 Å². The molecule has 0 bridgehead atoms. The number of hydrogen-bond donors (Lipinski definition) is 2. The highest BCUT2D eigenvalue weighted by molar-refractivity contribution is 7.80. The highest BCUT2D eigenvalue weighted by Crippen LogP contribution is 2.09. The molecule has 0 aromatic heterocycles. The molecule has 0 aliphatic carbocycles. The van der Waals surface area contributed by atoms with Crippen molar-refractivity contribution in [3.8, 4) is 5.75 Å². The summed E-state index contributed by atoms with van der Waals surface area (Å²) in [6.45, 7) is 9.89.